The normalized spacial score (nSPS) is 22.3. The maximum absolute atomic E-state index is 13.3. The van der Waals surface area contributed by atoms with Crippen molar-refractivity contribution in [2.45, 2.75) is 55.7 Å². The summed E-state index contributed by atoms with van der Waals surface area (Å²) < 4.78 is 67.4. The van der Waals surface area contributed by atoms with Gasteiger partial charge in [0.15, 0.2) is 5.15 Å². The number of ether oxygens (including phenoxy) is 1. The molecule has 1 aliphatic carbocycles. The summed E-state index contributed by atoms with van der Waals surface area (Å²) in [6.07, 6.45) is -0.776. The first-order chi connectivity index (χ1) is 16.5. The second-order valence-electron chi connectivity index (χ2n) is 9.06. The number of halogens is 3. The summed E-state index contributed by atoms with van der Waals surface area (Å²) in [7, 11) is -3.98. The van der Waals surface area contributed by atoms with E-state index >= 15 is 0 Å². The van der Waals surface area contributed by atoms with E-state index in [0.717, 1.165) is 0 Å². The number of anilines is 1. The fraction of sp³-hybridized carbons (Fsp3) is 0.550. The highest BCUT2D eigenvalue weighted by atomic mass is 35.5. The van der Waals surface area contributed by atoms with Gasteiger partial charge < -0.3 is 19.2 Å². The number of aromatic nitrogens is 4. The van der Waals surface area contributed by atoms with Crippen LogP contribution in [0.15, 0.2) is 21.6 Å². The Morgan fingerprint density at radius 2 is 2.11 bits per heavy atom. The number of imidazole rings is 1. The van der Waals surface area contributed by atoms with Crippen molar-refractivity contribution in [3.05, 3.63) is 23.3 Å². The summed E-state index contributed by atoms with van der Waals surface area (Å²) in [5, 5.41) is 16.6. The summed E-state index contributed by atoms with van der Waals surface area (Å²) in [4.78, 5) is 6.01. The highest BCUT2D eigenvalue weighted by Crippen LogP contribution is 2.39. The molecule has 3 aromatic heterocycles. The number of morpholine rings is 1. The van der Waals surface area contributed by atoms with Crippen LogP contribution < -0.4 is 9.62 Å². The Morgan fingerprint density at radius 3 is 2.74 bits per heavy atom. The van der Waals surface area contributed by atoms with Gasteiger partial charge in [0, 0.05) is 24.3 Å². The zero-order valence-electron chi connectivity index (χ0n) is 18.8. The van der Waals surface area contributed by atoms with E-state index in [1.165, 1.54) is 16.7 Å². The fourth-order valence-electron chi connectivity index (χ4n) is 3.99. The Morgan fingerprint density at radius 1 is 1.37 bits per heavy atom. The lowest BCUT2D eigenvalue weighted by Gasteiger charge is -2.39. The van der Waals surface area contributed by atoms with E-state index in [1.807, 2.05) is 18.7 Å². The van der Waals surface area contributed by atoms with Gasteiger partial charge in [0.2, 0.25) is 15.8 Å². The third-order valence-electron chi connectivity index (χ3n) is 6.17. The summed E-state index contributed by atoms with van der Waals surface area (Å²) in [6.45, 7) is 4.00. The highest BCUT2D eigenvalue weighted by molar-refractivity contribution is 7.89. The molecule has 4 heterocycles. The maximum Gasteiger partial charge on any atom is 0.314 e. The minimum atomic E-state index is -3.98. The molecule has 35 heavy (non-hydrogen) atoms. The van der Waals surface area contributed by atoms with E-state index in [4.69, 9.17) is 20.8 Å². The lowest BCUT2D eigenvalue weighted by atomic mass is 10.1. The number of aliphatic hydroxyl groups is 1. The Kier molecular flexibility index (Phi) is 5.99. The van der Waals surface area contributed by atoms with E-state index in [0.29, 0.717) is 24.0 Å². The van der Waals surface area contributed by atoms with E-state index in [2.05, 4.69) is 19.9 Å². The Bertz CT molecular complexity index is 1380. The molecule has 3 aromatic rings. The molecule has 0 aromatic carbocycles. The third-order valence-corrected chi connectivity index (χ3v) is 8.04. The number of nitrogens with one attached hydrogen (secondary N) is 1. The quantitative estimate of drug-likeness (QED) is 0.470. The van der Waals surface area contributed by atoms with Crippen molar-refractivity contribution in [2.24, 2.45) is 0 Å². The van der Waals surface area contributed by atoms with Gasteiger partial charge in [-0.25, -0.2) is 18.1 Å². The van der Waals surface area contributed by atoms with E-state index < -0.39 is 34.0 Å². The van der Waals surface area contributed by atoms with Gasteiger partial charge in [-0.05, 0) is 32.8 Å². The zero-order valence-corrected chi connectivity index (χ0v) is 20.4. The van der Waals surface area contributed by atoms with Crippen LogP contribution in [0.3, 0.4) is 0 Å². The standard InChI is InChI=1S/C20H23ClF2N6O5S/c1-10-9-33-11(8-30)6-28(10)13-5-12(35(31,32)27-20(2)3-4-20)7-29-14(13)15(21)24-17(29)19-26-25-18(34-19)16(22)23/h5,7,10-11,16,27,30H,3-4,6,8-9H2,1-2H3/t10-,11+/m0/s1. The maximum atomic E-state index is 13.3. The molecule has 1 aliphatic heterocycles. The number of alkyl halides is 2. The Hall–Kier alpha value is -2.39. The van der Waals surface area contributed by atoms with Gasteiger partial charge in [-0.1, -0.05) is 11.6 Å². The van der Waals surface area contributed by atoms with Crippen LogP contribution in [-0.2, 0) is 14.8 Å². The van der Waals surface area contributed by atoms with Crippen LogP contribution in [0.25, 0.3) is 17.2 Å². The minimum Gasteiger partial charge on any atom is -0.412 e. The number of fused-ring (bicyclic) bond motifs is 1. The molecule has 5 rings (SSSR count). The van der Waals surface area contributed by atoms with Gasteiger partial charge in [0.1, 0.15) is 10.4 Å². The SMILES string of the molecule is C[C@H]1CO[C@@H](CO)CN1c1cc(S(=O)(=O)NC2(C)CC2)cn2c(-c3nnc(C(F)F)o3)nc(Cl)c12. The van der Waals surface area contributed by atoms with Gasteiger partial charge in [-0.3, -0.25) is 4.40 Å². The van der Waals surface area contributed by atoms with Crippen molar-refractivity contribution in [1.82, 2.24) is 24.3 Å². The average molecular weight is 533 g/mol. The number of nitrogens with zero attached hydrogens (tertiary/aromatic N) is 5. The minimum absolute atomic E-state index is 0.0166. The Labute approximate surface area is 204 Å². The molecular formula is C20H23ClF2N6O5S. The van der Waals surface area contributed by atoms with E-state index in [-0.39, 0.29) is 47.6 Å². The van der Waals surface area contributed by atoms with Crippen molar-refractivity contribution in [3.63, 3.8) is 0 Å². The lowest BCUT2D eigenvalue weighted by Crippen LogP contribution is -2.49. The van der Waals surface area contributed by atoms with Crippen LogP contribution in [0.4, 0.5) is 14.5 Å². The monoisotopic (exact) mass is 532 g/mol. The molecular weight excluding hydrogens is 510 g/mol. The second-order valence-corrected chi connectivity index (χ2v) is 11.1. The summed E-state index contributed by atoms with van der Waals surface area (Å²) in [5.41, 5.74) is 0.205. The van der Waals surface area contributed by atoms with Crippen molar-refractivity contribution in [1.29, 1.82) is 0 Å². The molecule has 11 nitrogen and oxygen atoms in total. The first-order valence-electron chi connectivity index (χ1n) is 10.9. The molecule has 0 bridgehead atoms. The second kappa shape index (κ2) is 8.62. The molecule has 0 amide bonds. The molecule has 1 saturated heterocycles. The predicted octanol–water partition coefficient (Wildman–Crippen LogP) is 2.39. The average Bonchev–Trinajstić information content (AvgIpc) is 3.20. The van der Waals surface area contributed by atoms with Crippen LogP contribution in [0, 0.1) is 0 Å². The first-order valence-corrected chi connectivity index (χ1v) is 12.7. The number of sulfonamides is 1. The van der Waals surface area contributed by atoms with Gasteiger partial charge in [-0.15, -0.1) is 10.2 Å². The molecule has 2 aliphatic rings. The molecule has 2 atom stereocenters. The Balaban J connectivity index is 1.72. The number of aliphatic hydroxyl groups excluding tert-OH is 1. The topological polar surface area (TPSA) is 135 Å². The van der Waals surface area contributed by atoms with Crippen molar-refractivity contribution < 1.29 is 31.5 Å². The molecule has 2 fully saturated rings. The number of rotatable bonds is 7. The molecule has 0 radical (unpaired) electrons. The van der Waals surface area contributed by atoms with Crippen LogP contribution in [0.5, 0.6) is 0 Å². The number of hydrogen-bond donors (Lipinski definition) is 2. The van der Waals surface area contributed by atoms with Gasteiger partial charge in [0.05, 0.1) is 25.0 Å². The molecule has 15 heteroatoms. The molecule has 1 saturated carbocycles. The van der Waals surface area contributed by atoms with E-state index in [1.54, 1.807) is 0 Å². The summed E-state index contributed by atoms with van der Waals surface area (Å²) >= 11 is 6.48. The molecule has 2 N–H and O–H groups in total. The molecule has 0 unspecified atom stereocenters. The lowest BCUT2D eigenvalue weighted by molar-refractivity contribution is -0.0102. The molecule has 0 spiro atoms. The number of pyridine rings is 1. The fourth-order valence-corrected chi connectivity index (χ4v) is 5.74. The van der Waals surface area contributed by atoms with Crippen molar-refractivity contribution >= 4 is 32.8 Å². The van der Waals surface area contributed by atoms with Crippen LogP contribution in [0.1, 0.15) is 39.0 Å². The van der Waals surface area contributed by atoms with Crippen LogP contribution >= 0.6 is 11.6 Å². The van der Waals surface area contributed by atoms with Gasteiger partial charge >= 0.3 is 6.43 Å². The van der Waals surface area contributed by atoms with Crippen molar-refractivity contribution in [3.8, 4) is 11.7 Å². The van der Waals surface area contributed by atoms with Crippen molar-refractivity contribution in [2.75, 3.05) is 24.7 Å². The molecule has 190 valence electrons. The van der Waals surface area contributed by atoms with Gasteiger partial charge in [-0.2, -0.15) is 8.78 Å². The summed E-state index contributed by atoms with van der Waals surface area (Å²) in [5.74, 6) is -1.32. The zero-order chi connectivity index (χ0) is 25.1. The van der Waals surface area contributed by atoms with E-state index in [9.17, 15) is 22.3 Å². The largest absolute Gasteiger partial charge is 0.412 e. The predicted molar refractivity (Wildman–Crippen MR) is 120 cm³/mol. The van der Waals surface area contributed by atoms with Gasteiger partial charge in [0.25, 0.3) is 11.8 Å². The first kappa shape index (κ1) is 24.3. The third kappa shape index (κ3) is 4.48. The highest BCUT2D eigenvalue weighted by Gasteiger charge is 2.42. The smallest absolute Gasteiger partial charge is 0.314 e. The summed E-state index contributed by atoms with van der Waals surface area (Å²) in [6, 6.07) is 1.28. The van der Waals surface area contributed by atoms with Crippen LogP contribution in [0.2, 0.25) is 5.15 Å². The number of hydrogen-bond acceptors (Lipinski definition) is 9. The van der Waals surface area contributed by atoms with Crippen LogP contribution in [-0.4, -0.2) is 70.5 Å².